The molecule has 1 fully saturated rings. The van der Waals surface area contributed by atoms with Gasteiger partial charge in [-0.15, -0.1) is 0 Å². The van der Waals surface area contributed by atoms with Crippen molar-refractivity contribution in [2.45, 2.75) is 25.9 Å². The maximum atomic E-state index is 12.0. The molecule has 21 heavy (non-hydrogen) atoms. The number of amides is 1. The molecule has 0 radical (unpaired) electrons. The largest absolute Gasteiger partial charge is 0.397 e. The SMILES string of the molecule is CCN(CC1CCCO1)c1ccc(C(=O)N(C)C)cc1N. The predicted octanol–water partition coefficient (Wildman–Crippen LogP) is 1.98. The van der Waals surface area contributed by atoms with E-state index < -0.39 is 0 Å². The second-order valence-electron chi connectivity index (χ2n) is 5.65. The standard InChI is InChI=1S/C16H25N3O2/c1-4-19(11-13-6-5-9-21-13)15-8-7-12(10-14(15)17)16(20)18(2)3/h7-8,10,13H,4-6,9,11,17H2,1-3H3. The monoisotopic (exact) mass is 291 g/mol. The fourth-order valence-corrected chi connectivity index (χ4v) is 2.67. The lowest BCUT2D eigenvalue weighted by atomic mass is 10.1. The van der Waals surface area contributed by atoms with Crippen LogP contribution in [0.15, 0.2) is 18.2 Å². The van der Waals surface area contributed by atoms with Crippen LogP contribution in [0.1, 0.15) is 30.1 Å². The van der Waals surface area contributed by atoms with Gasteiger partial charge >= 0.3 is 0 Å². The Labute approximate surface area is 126 Å². The summed E-state index contributed by atoms with van der Waals surface area (Å²) in [5.41, 5.74) is 8.39. The Morgan fingerprint density at radius 1 is 1.43 bits per heavy atom. The molecule has 2 rings (SSSR count). The number of hydrogen-bond acceptors (Lipinski definition) is 4. The molecule has 0 aliphatic carbocycles. The molecule has 1 saturated heterocycles. The number of hydrogen-bond donors (Lipinski definition) is 1. The van der Waals surface area contributed by atoms with Gasteiger partial charge in [0.2, 0.25) is 0 Å². The number of anilines is 2. The zero-order valence-corrected chi connectivity index (χ0v) is 13.1. The quantitative estimate of drug-likeness (QED) is 0.843. The number of carbonyl (C=O) groups is 1. The van der Waals surface area contributed by atoms with E-state index in [9.17, 15) is 4.79 Å². The van der Waals surface area contributed by atoms with Crippen molar-refractivity contribution in [3.05, 3.63) is 23.8 Å². The third kappa shape index (κ3) is 3.67. The van der Waals surface area contributed by atoms with Crippen molar-refractivity contribution in [1.82, 2.24) is 4.90 Å². The summed E-state index contributed by atoms with van der Waals surface area (Å²) in [5.74, 6) is -0.0320. The van der Waals surface area contributed by atoms with Crippen LogP contribution < -0.4 is 10.6 Å². The lowest BCUT2D eigenvalue weighted by Gasteiger charge is -2.27. The Morgan fingerprint density at radius 3 is 2.71 bits per heavy atom. The third-order valence-electron chi connectivity index (χ3n) is 3.85. The molecule has 0 bridgehead atoms. The molecular formula is C16H25N3O2. The van der Waals surface area contributed by atoms with Gasteiger partial charge in [0.15, 0.2) is 0 Å². The molecule has 5 heteroatoms. The molecular weight excluding hydrogens is 266 g/mol. The molecule has 1 unspecified atom stereocenters. The van der Waals surface area contributed by atoms with Gasteiger partial charge in [-0.2, -0.15) is 0 Å². The highest BCUT2D eigenvalue weighted by Gasteiger charge is 2.20. The van der Waals surface area contributed by atoms with E-state index in [2.05, 4.69) is 11.8 Å². The lowest BCUT2D eigenvalue weighted by molar-refractivity contribution is 0.0827. The first-order chi connectivity index (χ1) is 10.0. The fourth-order valence-electron chi connectivity index (χ4n) is 2.67. The van der Waals surface area contributed by atoms with Gasteiger partial charge in [0, 0.05) is 39.4 Å². The minimum Gasteiger partial charge on any atom is -0.397 e. The zero-order chi connectivity index (χ0) is 15.4. The van der Waals surface area contributed by atoms with Crippen LogP contribution in [0.3, 0.4) is 0 Å². The van der Waals surface area contributed by atoms with Crippen LogP contribution in [0, 0.1) is 0 Å². The molecule has 2 N–H and O–H groups in total. The average molecular weight is 291 g/mol. The number of rotatable bonds is 5. The summed E-state index contributed by atoms with van der Waals surface area (Å²) in [6.45, 7) is 4.67. The second-order valence-corrected chi connectivity index (χ2v) is 5.65. The summed E-state index contributed by atoms with van der Waals surface area (Å²) in [5, 5.41) is 0. The van der Waals surface area contributed by atoms with E-state index in [0.717, 1.165) is 38.2 Å². The number of nitrogen functional groups attached to an aromatic ring is 1. The molecule has 0 spiro atoms. The number of nitrogens with zero attached hydrogens (tertiary/aromatic N) is 2. The minimum absolute atomic E-state index is 0.0320. The maximum absolute atomic E-state index is 12.0. The third-order valence-corrected chi connectivity index (χ3v) is 3.85. The Balaban J connectivity index is 2.15. The molecule has 1 heterocycles. The lowest BCUT2D eigenvalue weighted by Crippen LogP contribution is -2.32. The molecule has 0 saturated carbocycles. The number of carbonyl (C=O) groups excluding carboxylic acids is 1. The van der Waals surface area contributed by atoms with Crippen LogP contribution in [0.25, 0.3) is 0 Å². The van der Waals surface area contributed by atoms with E-state index in [1.54, 1.807) is 25.1 Å². The summed E-state index contributed by atoms with van der Waals surface area (Å²) in [7, 11) is 3.48. The molecule has 1 aliphatic rings. The maximum Gasteiger partial charge on any atom is 0.253 e. The molecule has 1 atom stereocenters. The first-order valence-electron chi connectivity index (χ1n) is 7.50. The van der Waals surface area contributed by atoms with E-state index in [1.807, 2.05) is 12.1 Å². The van der Waals surface area contributed by atoms with Crippen LogP contribution in [0.5, 0.6) is 0 Å². The van der Waals surface area contributed by atoms with E-state index >= 15 is 0 Å². The van der Waals surface area contributed by atoms with Crippen molar-refractivity contribution in [2.75, 3.05) is 44.4 Å². The van der Waals surface area contributed by atoms with Crippen LogP contribution in [-0.4, -0.2) is 50.7 Å². The number of nitrogens with two attached hydrogens (primary N) is 1. The van der Waals surface area contributed by atoms with Gasteiger partial charge in [-0.3, -0.25) is 4.79 Å². The van der Waals surface area contributed by atoms with Crippen molar-refractivity contribution in [2.24, 2.45) is 0 Å². The van der Waals surface area contributed by atoms with Crippen molar-refractivity contribution < 1.29 is 9.53 Å². The summed E-state index contributed by atoms with van der Waals surface area (Å²) in [4.78, 5) is 15.7. The molecule has 116 valence electrons. The highest BCUT2D eigenvalue weighted by molar-refractivity contribution is 5.95. The Hall–Kier alpha value is -1.75. The number of likely N-dealkylation sites (N-methyl/N-ethyl adjacent to an activating group) is 1. The topological polar surface area (TPSA) is 58.8 Å². The first kappa shape index (κ1) is 15.6. The van der Waals surface area contributed by atoms with Crippen LogP contribution in [0.2, 0.25) is 0 Å². The van der Waals surface area contributed by atoms with Gasteiger partial charge in [0.05, 0.1) is 17.5 Å². The average Bonchev–Trinajstić information content (AvgIpc) is 2.97. The van der Waals surface area contributed by atoms with E-state index in [0.29, 0.717) is 11.3 Å². The van der Waals surface area contributed by atoms with E-state index in [-0.39, 0.29) is 12.0 Å². The van der Waals surface area contributed by atoms with Gasteiger partial charge in [-0.05, 0) is 38.0 Å². The van der Waals surface area contributed by atoms with Crippen LogP contribution in [-0.2, 0) is 4.74 Å². The molecule has 1 aliphatic heterocycles. The Kier molecular flexibility index (Phi) is 5.07. The Morgan fingerprint density at radius 2 is 2.19 bits per heavy atom. The van der Waals surface area contributed by atoms with Crippen molar-refractivity contribution >= 4 is 17.3 Å². The smallest absolute Gasteiger partial charge is 0.253 e. The normalized spacial score (nSPS) is 17.8. The minimum atomic E-state index is -0.0320. The van der Waals surface area contributed by atoms with Gasteiger partial charge in [0.1, 0.15) is 0 Å². The summed E-state index contributed by atoms with van der Waals surface area (Å²) in [6, 6.07) is 5.53. The van der Waals surface area contributed by atoms with Crippen LogP contribution >= 0.6 is 0 Å². The van der Waals surface area contributed by atoms with Gasteiger partial charge < -0.3 is 20.3 Å². The highest BCUT2D eigenvalue weighted by Crippen LogP contribution is 2.26. The number of benzene rings is 1. The van der Waals surface area contributed by atoms with Gasteiger partial charge in [-0.25, -0.2) is 0 Å². The van der Waals surface area contributed by atoms with E-state index in [1.165, 1.54) is 0 Å². The van der Waals surface area contributed by atoms with Crippen LogP contribution in [0.4, 0.5) is 11.4 Å². The summed E-state index contributed by atoms with van der Waals surface area (Å²) in [6.07, 6.45) is 2.52. The molecule has 1 aromatic carbocycles. The first-order valence-corrected chi connectivity index (χ1v) is 7.50. The van der Waals surface area contributed by atoms with Gasteiger partial charge in [0.25, 0.3) is 5.91 Å². The zero-order valence-electron chi connectivity index (χ0n) is 13.1. The molecule has 5 nitrogen and oxygen atoms in total. The second kappa shape index (κ2) is 6.80. The predicted molar refractivity (Wildman–Crippen MR) is 85.7 cm³/mol. The molecule has 0 aromatic heterocycles. The highest BCUT2D eigenvalue weighted by atomic mass is 16.5. The van der Waals surface area contributed by atoms with Gasteiger partial charge in [-0.1, -0.05) is 0 Å². The summed E-state index contributed by atoms with van der Waals surface area (Å²) >= 11 is 0. The van der Waals surface area contributed by atoms with Crippen molar-refractivity contribution in [3.63, 3.8) is 0 Å². The Bertz CT molecular complexity index is 496. The molecule has 1 aromatic rings. The summed E-state index contributed by atoms with van der Waals surface area (Å²) < 4.78 is 5.70. The van der Waals surface area contributed by atoms with Crippen molar-refractivity contribution in [1.29, 1.82) is 0 Å². The molecule has 1 amide bonds. The fraction of sp³-hybridized carbons (Fsp3) is 0.562. The van der Waals surface area contributed by atoms with E-state index in [4.69, 9.17) is 10.5 Å². The number of ether oxygens (including phenoxy) is 1. The van der Waals surface area contributed by atoms with Crippen molar-refractivity contribution in [3.8, 4) is 0 Å².